The van der Waals surface area contributed by atoms with E-state index in [1.165, 1.54) is 0 Å². The highest BCUT2D eigenvalue weighted by molar-refractivity contribution is 6.30. The Labute approximate surface area is 241 Å². The standard InChI is InChI=1S/C31H29ClF2N4O3/c1-31(2,41-27-25(33)13-22(32)14-26(27)34)30-36-35-28(38(30)16-19-4-5-19)20-8-11-24-21(12-20)17-37(29(24)39)15-18-6-9-23(40-3)10-7-18/h6-14,19H,4-5,15-17H2,1-3H3. The van der Waals surface area contributed by atoms with Crippen LogP contribution >= 0.6 is 11.6 Å². The van der Waals surface area contributed by atoms with Gasteiger partial charge in [-0.2, -0.15) is 0 Å². The number of nitrogens with zero attached hydrogens (tertiary/aromatic N) is 4. The van der Waals surface area contributed by atoms with Crippen LogP contribution in [0.15, 0.2) is 54.6 Å². The Morgan fingerprint density at radius 2 is 1.73 bits per heavy atom. The normalized spacial score (nSPS) is 14.9. The summed E-state index contributed by atoms with van der Waals surface area (Å²) in [4.78, 5) is 15.0. The fourth-order valence-electron chi connectivity index (χ4n) is 5.22. The summed E-state index contributed by atoms with van der Waals surface area (Å²) in [5, 5.41) is 8.88. The monoisotopic (exact) mass is 578 g/mol. The number of hydrogen-bond donors (Lipinski definition) is 0. The molecular formula is C31H29ClF2N4O3. The van der Waals surface area contributed by atoms with Crippen molar-refractivity contribution in [2.45, 2.75) is 51.9 Å². The maximum atomic E-state index is 14.6. The van der Waals surface area contributed by atoms with E-state index in [1.54, 1.807) is 21.0 Å². The van der Waals surface area contributed by atoms with Gasteiger partial charge in [0.25, 0.3) is 5.91 Å². The van der Waals surface area contributed by atoms with E-state index in [9.17, 15) is 13.6 Å². The van der Waals surface area contributed by atoms with Crippen molar-refractivity contribution in [2.24, 2.45) is 5.92 Å². The van der Waals surface area contributed by atoms with Crippen LogP contribution < -0.4 is 9.47 Å². The van der Waals surface area contributed by atoms with Crippen LogP contribution in [0.5, 0.6) is 11.5 Å². The van der Waals surface area contributed by atoms with E-state index < -0.39 is 23.0 Å². The first kappa shape index (κ1) is 27.2. The first-order valence-corrected chi connectivity index (χ1v) is 13.8. The highest BCUT2D eigenvalue weighted by Gasteiger charge is 2.36. The average molecular weight is 579 g/mol. The Morgan fingerprint density at radius 3 is 2.39 bits per heavy atom. The van der Waals surface area contributed by atoms with Crippen LogP contribution in [-0.2, 0) is 25.2 Å². The molecule has 2 aliphatic rings. The lowest BCUT2D eigenvalue weighted by Gasteiger charge is -2.27. The number of fused-ring (bicyclic) bond motifs is 1. The number of ether oxygens (including phenoxy) is 2. The van der Waals surface area contributed by atoms with Crippen LogP contribution in [-0.4, -0.2) is 32.7 Å². The molecule has 0 unspecified atom stereocenters. The van der Waals surface area contributed by atoms with Crippen molar-refractivity contribution in [3.8, 4) is 22.9 Å². The van der Waals surface area contributed by atoms with Gasteiger partial charge in [0, 0.05) is 35.8 Å². The Bertz CT molecular complexity index is 1610. The molecular weight excluding hydrogens is 550 g/mol. The summed E-state index contributed by atoms with van der Waals surface area (Å²) < 4.78 is 42.2. The van der Waals surface area contributed by atoms with Gasteiger partial charge in [0.2, 0.25) is 0 Å². The molecule has 4 aromatic rings. The van der Waals surface area contributed by atoms with Crippen LogP contribution in [0.3, 0.4) is 0 Å². The second-order valence-electron chi connectivity index (χ2n) is 11.1. The molecule has 0 spiro atoms. The van der Waals surface area contributed by atoms with Crippen molar-refractivity contribution < 1.29 is 23.0 Å². The summed E-state index contributed by atoms with van der Waals surface area (Å²) in [6, 6.07) is 15.4. The molecule has 1 aliphatic carbocycles. The number of amides is 1. The second kappa shape index (κ2) is 10.4. The molecule has 6 rings (SSSR count). The molecule has 1 aromatic heterocycles. The van der Waals surface area contributed by atoms with Gasteiger partial charge in [-0.25, -0.2) is 8.78 Å². The number of benzene rings is 3. The van der Waals surface area contributed by atoms with E-state index in [1.807, 2.05) is 51.9 Å². The lowest BCUT2D eigenvalue weighted by molar-refractivity contribution is 0.0766. The smallest absolute Gasteiger partial charge is 0.254 e. The van der Waals surface area contributed by atoms with Gasteiger partial charge in [0.15, 0.2) is 34.6 Å². The molecule has 41 heavy (non-hydrogen) atoms. The number of halogens is 3. The molecule has 0 saturated heterocycles. The van der Waals surface area contributed by atoms with Crippen molar-refractivity contribution in [1.82, 2.24) is 19.7 Å². The largest absolute Gasteiger partial charge is 0.497 e. The summed E-state index contributed by atoms with van der Waals surface area (Å²) in [7, 11) is 1.62. The SMILES string of the molecule is COc1ccc(CN2Cc3cc(-c4nnc(C(C)(C)Oc5c(F)cc(Cl)cc5F)n4CC4CC4)ccc3C2=O)cc1. The lowest BCUT2D eigenvalue weighted by atomic mass is 10.0. The number of aromatic nitrogens is 3. The maximum Gasteiger partial charge on any atom is 0.254 e. The highest BCUT2D eigenvalue weighted by Crippen LogP contribution is 2.38. The number of rotatable bonds is 9. The molecule has 0 bridgehead atoms. The minimum absolute atomic E-state index is 0.0240. The zero-order valence-electron chi connectivity index (χ0n) is 23.0. The fourth-order valence-corrected chi connectivity index (χ4v) is 5.41. The van der Waals surface area contributed by atoms with Gasteiger partial charge in [-0.05, 0) is 80.1 Å². The minimum Gasteiger partial charge on any atom is -0.497 e. The van der Waals surface area contributed by atoms with E-state index in [0.717, 1.165) is 47.4 Å². The third kappa shape index (κ3) is 5.38. The number of hydrogen-bond acceptors (Lipinski definition) is 5. The molecule has 0 N–H and O–H groups in total. The molecule has 10 heteroatoms. The summed E-state index contributed by atoms with van der Waals surface area (Å²) in [6.07, 6.45) is 2.16. The number of carbonyl (C=O) groups excluding carboxylic acids is 1. The molecule has 0 radical (unpaired) electrons. The van der Waals surface area contributed by atoms with Gasteiger partial charge < -0.3 is 18.9 Å². The molecule has 1 aliphatic heterocycles. The predicted octanol–water partition coefficient (Wildman–Crippen LogP) is 6.77. The summed E-state index contributed by atoms with van der Waals surface area (Å²) >= 11 is 5.79. The van der Waals surface area contributed by atoms with E-state index in [4.69, 9.17) is 21.1 Å². The van der Waals surface area contributed by atoms with E-state index in [-0.39, 0.29) is 10.9 Å². The highest BCUT2D eigenvalue weighted by atomic mass is 35.5. The molecule has 7 nitrogen and oxygen atoms in total. The van der Waals surface area contributed by atoms with E-state index in [2.05, 4.69) is 10.2 Å². The van der Waals surface area contributed by atoms with Crippen molar-refractivity contribution in [3.05, 3.63) is 93.8 Å². The summed E-state index contributed by atoms with van der Waals surface area (Å²) in [6.45, 7) is 5.02. The lowest BCUT2D eigenvalue weighted by Crippen LogP contribution is -2.31. The van der Waals surface area contributed by atoms with Crippen molar-refractivity contribution in [3.63, 3.8) is 0 Å². The van der Waals surface area contributed by atoms with Crippen LogP contribution in [0.2, 0.25) is 5.02 Å². The number of methoxy groups -OCH3 is 1. The Hall–Kier alpha value is -3.98. The van der Waals surface area contributed by atoms with Gasteiger partial charge >= 0.3 is 0 Å². The van der Waals surface area contributed by atoms with Gasteiger partial charge in [-0.3, -0.25) is 4.79 Å². The fraction of sp³-hybridized carbons (Fsp3) is 0.323. The number of carbonyl (C=O) groups is 1. The predicted molar refractivity (Wildman–Crippen MR) is 150 cm³/mol. The maximum absolute atomic E-state index is 14.6. The van der Waals surface area contributed by atoms with Crippen molar-refractivity contribution in [1.29, 1.82) is 0 Å². The van der Waals surface area contributed by atoms with E-state index in [0.29, 0.717) is 42.8 Å². The molecule has 212 valence electrons. The van der Waals surface area contributed by atoms with Gasteiger partial charge in [-0.15, -0.1) is 10.2 Å². The third-order valence-corrected chi connectivity index (χ3v) is 7.74. The Kier molecular flexibility index (Phi) is 6.93. The van der Waals surface area contributed by atoms with Gasteiger partial charge in [0.1, 0.15) is 5.75 Å². The summed E-state index contributed by atoms with van der Waals surface area (Å²) in [5.74, 6) is -0.0344. The van der Waals surface area contributed by atoms with Crippen LogP contribution in [0.1, 0.15) is 54.0 Å². The van der Waals surface area contributed by atoms with Crippen molar-refractivity contribution in [2.75, 3.05) is 7.11 Å². The second-order valence-corrected chi connectivity index (χ2v) is 11.5. The average Bonchev–Trinajstić information content (AvgIpc) is 3.57. The zero-order chi connectivity index (χ0) is 28.9. The zero-order valence-corrected chi connectivity index (χ0v) is 23.7. The van der Waals surface area contributed by atoms with Crippen LogP contribution in [0, 0.1) is 17.6 Å². The molecule has 0 atom stereocenters. The molecule has 3 aromatic carbocycles. The molecule has 2 heterocycles. The Morgan fingerprint density at radius 1 is 1.02 bits per heavy atom. The molecule has 1 saturated carbocycles. The topological polar surface area (TPSA) is 69.5 Å². The minimum atomic E-state index is -1.21. The quantitative estimate of drug-likeness (QED) is 0.219. The first-order valence-electron chi connectivity index (χ1n) is 13.5. The van der Waals surface area contributed by atoms with Gasteiger partial charge in [-0.1, -0.05) is 29.8 Å². The summed E-state index contributed by atoms with van der Waals surface area (Å²) in [5.41, 5.74) is 2.17. The van der Waals surface area contributed by atoms with E-state index >= 15 is 0 Å². The van der Waals surface area contributed by atoms with Crippen molar-refractivity contribution >= 4 is 17.5 Å². The molecule has 1 fully saturated rings. The molecule has 1 amide bonds. The Balaban J connectivity index is 1.29. The first-order chi connectivity index (χ1) is 19.6. The van der Waals surface area contributed by atoms with Gasteiger partial charge in [0.05, 0.1) is 7.11 Å². The van der Waals surface area contributed by atoms with Crippen LogP contribution in [0.4, 0.5) is 8.78 Å². The van der Waals surface area contributed by atoms with Crippen LogP contribution in [0.25, 0.3) is 11.4 Å². The third-order valence-electron chi connectivity index (χ3n) is 7.52.